The fourth-order valence-corrected chi connectivity index (χ4v) is 1.31. The molecule has 0 N–H and O–H groups in total. The summed E-state index contributed by atoms with van der Waals surface area (Å²) in [7, 11) is 1.31. The number of carbonyl (C=O) groups is 5. The van der Waals surface area contributed by atoms with Gasteiger partial charge in [-0.1, -0.05) is 0 Å². The summed E-state index contributed by atoms with van der Waals surface area (Å²) in [5, 5.41) is 0.405. The van der Waals surface area contributed by atoms with E-state index in [9.17, 15) is 24.0 Å². The molecule has 1 saturated heterocycles. The minimum absolute atomic E-state index is 0.00293. The van der Waals surface area contributed by atoms with Crippen LogP contribution in [0.25, 0.3) is 0 Å². The standard InChI is InChI=1S/C11H12N2O6/c1-12(8(15)3-2-6-14)7-11(18)19-13-9(16)4-5-10(13)17/h2-3,6H,4-5,7H2,1H3/b3-2-. The number of aldehydes is 1. The Bertz CT molecular complexity index is 440. The molecule has 0 aromatic carbocycles. The van der Waals surface area contributed by atoms with Crippen molar-refractivity contribution in [1.29, 1.82) is 0 Å². The smallest absolute Gasteiger partial charge is 0.331 e. The van der Waals surface area contributed by atoms with Crippen molar-refractivity contribution < 1.29 is 28.8 Å². The molecule has 8 nitrogen and oxygen atoms in total. The summed E-state index contributed by atoms with van der Waals surface area (Å²) >= 11 is 0. The first-order valence-corrected chi connectivity index (χ1v) is 5.39. The first-order valence-electron chi connectivity index (χ1n) is 5.39. The third kappa shape index (κ3) is 4.02. The van der Waals surface area contributed by atoms with Gasteiger partial charge < -0.3 is 9.74 Å². The lowest BCUT2D eigenvalue weighted by Crippen LogP contribution is -2.38. The highest BCUT2D eigenvalue weighted by atomic mass is 16.7. The minimum Gasteiger partial charge on any atom is -0.331 e. The summed E-state index contributed by atoms with van der Waals surface area (Å²) in [5.41, 5.74) is 0. The number of amides is 3. The minimum atomic E-state index is -0.918. The van der Waals surface area contributed by atoms with Crippen molar-refractivity contribution >= 4 is 30.0 Å². The highest BCUT2D eigenvalue weighted by molar-refractivity contribution is 6.01. The van der Waals surface area contributed by atoms with Crippen molar-refractivity contribution in [1.82, 2.24) is 9.96 Å². The molecule has 0 radical (unpaired) electrons. The van der Waals surface area contributed by atoms with Gasteiger partial charge >= 0.3 is 5.97 Å². The second-order valence-corrected chi connectivity index (χ2v) is 3.73. The number of nitrogens with zero attached hydrogens (tertiary/aromatic N) is 2. The Labute approximate surface area is 108 Å². The van der Waals surface area contributed by atoms with E-state index in [0.717, 1.165) is 17.1 Å². The maximum atomic E-state index is 11.4. The summed E-state index contributed by atoms with van der Waals surface area (Å²) in [6.07, 6.45) is 2.39. The number of likely N-dealkylation sites (N-methyl/N-ethyl adjacent to an activating group) is 1. The van der Waals surface area contributed by atoms with Crippen LogP contribution in [0.3, 0.4) is 0 Å². The third-order valence-corrected chi connectivity index (χ3v) is 2.26. The lowest BCUT2D eigenvalue weighted by atomic mass is 10.4. The van der Waals surface area contributed by atoms with Gasteiger partial charge in [-0.05, 0) is 6.08 Å². The van der Waals surface area contributed by atoms with Crippen LogP contribution in [-0.4, -0.2) is 53.5 Å². The SMILES string of the molecule is CN(CC(=O)ON1C(=O)CCC1=O)C(=O)/C=C\C=O. The van der Waals surface area contributed by atoms with E-state index in [4.69, 9.17) is 0 Å². The van der Waals surface area contributed by atoms with Crippen LogP contribution in [-0.2, 0) is 28.8 Å². The van der Waals surface area contributed by atoms with Crippen LogP contribution in [0.2, 0.25) is 0 Å². The van der Waals surface area contributed by atoms with E-state index in [0.29, 0.717) is 11.3 Å². The zero-order chi connectivity index (χ0) is 14.4. The Morgan fingerprint density at radius 1 is 1.32 bits per heavy atom. The molecular formula is C11H12N2O6. The second-order valence-electron chi connectivity index (χ2n) is 3.73. The molecule has 1 heterocycles. The molecule has 3 amide bonds. The predicted octanol–water partition coefficient (Wildman–Crippen LogP) is -1.19. The number of allylic oxidation sites excluding steroid dienone is 1. The molecule has 0 saturated carbocycles. The van der Waals surface area contributed by atoms with E-state index in [1.54, 1.807) is 0 Å². The van der Waals surface area contributed by atoms with Gasteiger partial charge in [-0.3, -0.25) is 19.2 Å². The van der Waals surface area contributed by atoms with Gasteiger partial charge in [-0.25, -0.2) is 4.79 Å². The average molecular weight is 268 g/mol. The number of imide groups is 1. The molecule has 0 aromatic rings. The number of hydrogen-bond acceptors (Lipinski definition) is 6. The molecule has 0 atom stereocenters. The summed E-state index contributed by atoms with van der Waals surface area (Å²) in [6, 6.07) is 0. The van der Waals surface area contributed by atoms with Gasteiger partial charge in [0.15, 0.2) is 0 Å². The topological polar surface area (TPSA) is 101 Å². The van der Waals surface area contributed by atoms with E-state index in [2.05, 4.69) is 4.84 Å². The molecule has 0 aromatic heterocycles. The van der Waals surface area contributed by atoms with Gasteiger partial charge in [-0.15, -0.1) is 5.06 Å². The molecule has 0 bridgehead atoms. The molecule has 1 aliphatic heterocycles. The van der Waals surface area contributed by atoms with Crippen molar-refractivity contribution in [2.75, 3.05) is 13.6 Å². The zero-order valence-corrected chi connectivity index (χ0v) is 10.2. The Morgan fingerprint density at radius 3 is 2.42 bits per heavy atom. The van der Waals surface area contributed by atoms with Gasteiger partial charge in [0.05, 0.1) is 0 Å². The van der Waals surface area contributed by atoms with Crippen LogP contribution in [0.15, 0.2) is 12.2 Å². The molecule has 0 spiro atoms. The number of carbonyl (C=O) groups excluding carboxylic acids is 5. The zero-order valence-electron chi connectivity index (χ0n) is 10.2. The quantitative estimate of drug-likeness (QED) is 0.353. The molecule has 102 valence electrons. The van der Waals surface area contributed by atoms with E-state index < -0.39 is 30.2 Å². The first-order chi connectivity index (χ1) is 8.95. The van der Waals surface area contributed by atoms with E-state index in [-0.39, 0.29) is 12.8 Å². The predicted molar refractivity (Wildman–Crippen MR) is 60.0 cm³/mol. The lowest BCUT2D eigenvalue weighted by Gasteiger charge is -2.16. The Hall–Kier alpha value is -2.51. The second kappa shape index (κ2) is 6.43. The maximum absolute atomic E-state index is 11.4. The van der Waals surface area contributed by atoms with E-state index in [1.807, 2.05) is 0 Å². The molecular weight excluding hydrogens is 256 g/mol. The molecule has 8 heteroatoms. The fourth-order valence-electron chi connectivity index (χ4n) is 1.31. The third-order valence-electron chi connectivity index (χ3n) is 2.26. The van der Waals surface area contributed by atoms with Crippen LogP contribution < -0.4 is 0 Å². The molecule has 1 aliphatic rings. The van der Waals surface area contributed by atoms with Crippen molar-refractivity contribution in [3.8, 4) is 0 Å². The molecule has 1 fully saturated rings. The largest absolute Gasteiger partial charge is 0.352 e. The van der Waals surface area contributed by atoms with E-state index >= 15 is 0 Å². The Kier molecular flexibility index (Phi) is 4.92. The summed E-state index contributed by atoms with van der Waals surface area (Å²) in [4.78, 5) is 60.7. The van der Waals surface area contributed by atoms with Gasteiger partial charge in [0.1, 0.15) is 12.8 Å². The van der Waals surface area contributed by atoms with Gasteiger partial charge in [0, 0.05) is 26.0 Å². The highest BCUT2D eigenvalue weighted by Crippen LogP contribution is 2.12. The number of hydrogen-bond donors (Lipinski definition) is 0. The van der Waals surface area contributed by atoms with Crippen molar-refractivity contribution in [2.24, 2.45) is 0 Å². The first kappa shape index (κ1) is 14.6. The number of hydroxylamine groups is 2. The molecule has 0 aliphatic carbocycles. The lowest BCUT2D eigenvalue weighted by molar-refractivity contribution is -0.198. The summed E-state index contributed by atoms with van der Waals surface area (Å²) in [6.45, 7) is -0.445. The van der Waals surface area contributed by atoms with Gasteiger partial charge in [0.2, 0.25) is 5.91 Å². The normalized spacial score (nSPS) is 14.9. The van der Waals surface area contributed by atoms with Gasteiger partial charge in [-0.2, -0.15) is 0 Å². The Balaban J connectivity index is 2.49. The van der Waals surface area contributed by atoms with Crippen molar-refractivity contribution in [2.45, 2.75) is 12.8 Å². The molecule has 19 heavy (non-hydrogen) atoms. The van der Waals surface area contributed by atoms with Gasteiger partial charge in [0.25, 0.3) is 11.8 Å². The highest BCUT2D eigenvalue weighted by Gasteiger charge is 2.33. The van der Waals surface area contributed by atoms with Crippen molar-refractivity contribution in [3.05, 3.63) is 12.2 Å². The molecule has 0 unspecified atom stereocenters. The summed E-state index contributed by atoms with van der Waals surface area (Å²) in [5.74, 6) is -2.68. The Morgan fingerprint density at radius 2 is 1.89 bits per heavy atom. The summed E-state index contributed by atoms with van der Waals surface area (Å²) < 4.78 is 0. The average Bonchev–Trinajstić information content (AvgIpc) is 2.67. The van der Waals surface area contributed by atoms with Crippen LogP contribution in [0.5, 0.6) is 0 Å². The number of rotatable bonds is 5. The fraction of sp³-hybridized carbons (Fsp3) is 0.364. The van der Waals surface area contributed by atoms with Crippen LogP contribution in [0, 0.1) is 0 Å². The van der Waals surface area contributed by atoms with Crippen molar-refractivity contribution in [3.63, 3.8) is 0 Å². The monoisotopic (exact) mass is 268 g/mol. The molecule has 1 rings (SSSR count). The van der Waals surface area contributed by atoms with E-state index in [1.165, 1.54) is 7.05 Å². The van der Waals surface area contributed by atoms with Crippen LogP contribution in [0.4, 0.5) is 0 Å². The van der Waals surface area contributed by atoms with Crippen LogP contribution >= 0.6 is 0 Å². The van der Waals surface area contributed by atoms with Crippen LogP contribution in [0.1, 0.15) is 12.8 Å². The maximum Gasteiger partial charge on any atom is 0.352 e.